The normalized spacial score (nSPS) is 16.7. The minimum absolute atomic E-state index is 0.151. The Bertz CT molecular complexity index is 935. The van der Waals surface area contributed by atoms with Crippen molar-refractivity contribution < 1.29 is 24.2 Å². The third-order valence-corrected chi connectivity index (χ3v) is 5.91. The standard InChI is InChI=1S/C26H33NO5/c1-18(2)20-12-10-19(11-13-20)17-31-25(30)27-14-6-8-22(16-27)21-7-5-9-23(15-21)32-26(3,4)24(28)29/h5,7,9-13,15,18,22H,6,8,14,16-17H2,1-4H3,(H,28,29)/t22-/m0/s1. The smallest absolute Gasteiger partial charge is 0.410 e. The van der Waals surface area contributed by atoms with Gasteiger partial charge >= 0.3 is 12.1 Å². The Morgan fingerprint density at radius 3 is 2.53 bits per heavy atom. The summed E-state index contributed by atoms with van der Waals surface area (Å²) >= 11 is 0. The number of ether oxygens (including phenoxy) is 2. The molecule has 0 saturated carbocycles. The summed E-state index contributed by atoms with van der Waals surface area (Å²) in [6.45, 7) is 8.84. The van der Waals surface area contributed by atoms with Crippen LogP contribution in [0.4, 0.5) is 4.79 Å². The molecule has 0 spiro atoms. The van der Waals surface area contributed by atoms with Crippen molar-refractivity contribution in [3.05, 3.63) is 65.2 Å². The predicted molar refractivity (Wildman–Crippen MR) is 123 cm³/mol. The number of carbonyl (C=O) groups is 2. The molecule has 0 bridgehead atoms. The Balaban J connectivity index is 1.59. The van der Waals surface area contributed by atoms with Crippen LogP contribution in [0.3, 0.4) is 0 Å². The van der Waals surface area contributed by atoms with Crippen molar-refractivity contribution in [2.45, 2.75) is 64.6 Å². The maximum absolute atomic E-state index is 12.7. The molecule has 1 amide bonds. The molecule has 172 valence electrons. The number of hydrogen-bond acceptors (Lipinski definition) is 4. The number of nitrogens with zero attached hydrogens (tertiary/aromatic N) is 1. The highest BCUT2D eigenvalue weighted by Gasteiger charge is 2.30. The van der Waals surface area contributed by atoms with Crippen LogP contribution in [0.25, 0.3) is 0 Å². The first-order valence-corrected chi connectivity index (χ1v) is 11.2. The van der Waals surface area contributed by atoms with Crippen molar-refractivity contribution in [2.24, 2.45) is 0 Å². The molecule has 2 aromatic rings. The second-order valence-electron chi connectivity index (χ2n) is 9.23. The van der Waals surface area contributed by atoms with Crippen LogP contribution in [0.1, 0.15) is 69.1 Å². The molecule has 6 heteroatoms. The van der Waals surface area contributed by atoms with Gasteiger partial charge in [0, 0.05) is 19.0 Å². The summed E-state index contributed by atoms with van der Waals surface area (Å²) in [5.74, 6) is 0.113. The van der Waals surface area contributed by atoms with Gasteiger partial charge in [-0.15, -0.1) is 0 Å². The Labute approximate surface area is 190 Å². The number of piperidine rings is 1. The maximum atomic E-state index is 12.7. The zero-order valence-corrected chi connectivity index (χ0v) is 19.3. The van der Waals surface area contributed by atoms with Gasteiger partial charge in [0.05, 0.1) is 0 Å². The van der Waals surface area contributed by atoms with Gasteiger partial charge in [-0.25, -0.2) is 9.59 Å². The summed E-state index contributed by atoms with van der Waals surface area (Å²) in [4.78, 5) is 25.8. The van der Waals surface area contributed by atoms with Gasteiger partial charge in [0.2, 0.25) is 0 Å². The number of carboxylic acid groups (broad SMARTS) is 1. The summed E-state index contributed by atoms with van der Waals surface area (Å²) < 4.78 is 11.2. The third-order valence-electron chi connectivity index (χ3n) is 5.91. The number of carbonyl (C=O) groups excluding carboxylic acids is 1. The first-order valence-electron chi connectivity index (χ1n) is 11.2. The Kier molecular flexibility index (Phi) is 7.44. The van der Waals surface area contributed by atoms with Crippen molar-refractivity contribution in [3.8, 4) is 5.75 Å². The van der Waals surface area contributed by atoms with E-state index in [1.54, 1.807) is 11.0 Å². The van der Waals surface area contributed by atoms with Crippen molar-refractivity contribution in [2.75, 3.05) is 13.1 Å². The van der Waals surface area contributed by atoms with Crippen LogP contribution in [0, 0.1) is 0 Å². The lowest BCUT2D eigenvalue weighted by molar-refractivity contribution is -0.152. The molecular formula is C26H33NO5. The van der Waals surface area contributed by atoms with E-state index in [0.29, 0.717) is 24.8 Å². The highest BCUT2D eigenvalue weighted by atomic mass is 16.6. The zero-order chi connectivity index (χ0) is 23.3. The number of rotatable bonds is 7. The molecule has 32 heavy (non-hydrogen) atoms. The van der Waals surface area contributed by atoms with Crippen LogP contribution in [0.5, 0.6) is 5.75 Å². The molecule has 0 aliphatic carbocycles. The van der Waals surface area contributed by atoms with Crippen LogP contribution in [-0.2, 0) is 16.1 Å². The summed E-state index contributed by atoms with van der Waals surface area (Å²) in [6, 6.07) is 15.7. The molecule has 3 rings (SSSR count). The molecule has 1 saturated heterocycles. The second-order valence-corrected chi connectivity index (χ2v) is 9.23. The molecule has 1 aliphatic heterocycles. The fraction of sp³-hybridized carbons (Fsp3) is 0.462. The average molecular weight is 440 g/mol. The van der Waals surface area contributed by atoms with E-state index < -0.39 is 11.6 Å². The molecule has 1 heterocycles. The number of amides is 1. The quantitative estimate of drug-likeness (QED) is 0.610. The van der Waals surface area contributed by atoms with Gasteiger partial charge in [-0.05, 0) is 61.4 Å². The molecule has 1 atom stereocenters. The van der Waals surface area contributed by atoms with Gasteiger partial charge in [-0.2, -0.15) is 0 Å². The fourth-order valence-corrected chi connectivity index (χ4v) is 3.82. The minimum Gasteiger partial charge on any atom is -0.478 e. The number of aliphatic carboxylic acids is 1. The summed E-state index contributed by atoms with van der Waals surface area (Å²) in [7, 11) is 0. The summed E-state index contributed by atoms with van der Waals surface area (Å²) in [6.07, 6.45) is 1.53. The number of hydrogen-bond donors (Lipinski definition) is 1. The van der Waals surface area contributed by atoms with Crippen LogP contribution in [0.15, 0.2) is 48.5 Å². The van der Waals surface area contributed by atoms with Crippen molar-refractivity contribution in [1.82, 2.24) is 4.90 Å². The van der Waals surface area contributed by atoms with E-state index in [0.717, 1.165) is 24.0 Å². The van der Waals surface area contributed by atoms with Crippen molar-refractivity contribution >= 4 is 12.1 Å². The number of likely N-dealkylation sites (tertiary alicyclic amines) is 1. The van der Waals surface area contributed by atoms with Gasteiger partial charge in [0.1, 0.15) is 12.4 Å². The highest BCUT2D eigenvalue weighted by molar-refractivity contribution is 5.76. The van der Waals surface area contributed by atoms with E-state index >= 15 is 0 Å². The van der Waals surface area contributed by atoms with Gasteiger partial charge in [0.15, 0.2) is 5.60 Å². The largest absolute Gasteiger partial charge is 0.478 e. The van der Waals surface area contributed by atoms with E-state index in [4.69, 9.17) is 9.47 Å². The SMILES string of the molecule is CC(C)c1ccc(COC(=O)N2CCC[C@H](c3cccc(OC(C)(C)C(=O)O)c3)C2)cc1. The van der Waals surface area contributed by atoms with Gasteiger partial charge in [0.25, 0.3) is 0 Å². The second kappa shape index (κ2) is 10.1. The van der Waals surface area contributed by atoms with Crippen LogP contribution >= 0.6 is 0 Å². The highest BCUT2D eigenvalue weighted by Crippen LogP contribution is 2.30. The molecular weight excluding hydrogens is 406 g/mol. The lowest BCUT2D eigenvalue weighted by atomic mass is 9.90. The van der Waals surface area contributed by atoms with E-state index in [2.05, 4.69) is 26.0 Å². The topological polar surface area (TPSA) is 76.1 Å². The lowest BCUT2D eigenvalue weighted by Gasteiger charge is -2.32. The predicted octanol–water partition coefficient (Wildman–Crippen LogP) is 5.57. The molecule has 1 fully saturated rings. The molecule has 0 unspecified atom stereocenters. The number of carboxylic acids is 1. The Morgan fingerprint density at radius 2 is 1.88 bits per heavy atom. The number of benzene rings is 2. The van der Waals surface area contributed by atoms with E-state index in [-0.39, 0.29) is 18.6 Å². The van der Waals surface area contributed by atoms with Gasteiger partial charge in [-0.3, -0.25) is 0 Å². The van der Waals surface area contributed by atoms with E-state index in [9.17, 15) is 14.7 Å². The first-order chi connectivity index (χ1) is 15.2. The third kappa shape index (κ3) is 6.02. The molecule has 6 nitrogen and oxygen atoms in total. The average Bonchev–Trinajstić information content (AvgIpc) is 2.77. The van der Waals surface area contributed by atoms with Crippen LogP contribution in [0.2, 0.25) is 0 Å². The maximum Gasteiger partial charge on any atom is 0.410 e. The Hall–Kier alpha value is -3.02. The molecule has 1 N–H and O–H groups in total. The molecule has 0 radical (unpaired) electrons. The fourth-order valence-electron chi connectivity index (χ4n) is 3.82. The van der Waals surface area contributed by atoms with Gasteiger partial charge in [-0.1, -0.05) is 50.2 Å². The molecule has 1 aliphatic rings. The summed E-state index contributed by atoms with van der Waals surface area (Å²) in [5, 5.41) is 9.30. The lowest BCUT2D eigenvalue weighted by Crippen LogP contribution is -2.39. The summed E-state index contributed by atoms with van der Waals surface area (Å²) in [5.41, 5.74) is 1.96. The monoisotopic (exact) mass is 439 g/mol. The van der Waals surface area contributed by atoms with Crippen molar-refractivity contribution in [1.29, 1.82) is 0 Å². The van der Waals surface area contributed by atoms with Crippen LogP contribution in [-0.4, -0.2) is 40.8 Å². The minimum atomic E-state index is -1.31. The Morgan fingerprint density at radius 1 is 1.16 bits per heavy atom. The zero-order valence-electron chi connectivity index (χ0n) is 19.3. The van der Waals surface area contributed by atoms with E-state index in [1.807, 2.05) is 30.3 Å². The molecule has 2 aromatic carbocycles. The van der Waals surface area contributed by atoms with Crippen LogP contribution < -0.4 is 4.74 Å². The van der Waals surface area contributed by atoms with Crippen molar-refractivity contribution in [3.63, 3.8) is 0 Å². The van der Waals surface area contributed by atoms with E-state index in [1.165, 1.54) is 19.4 Å². The van der Waals surface area contributed by atoms with Gasteiger partial charge < -0.3 is 19.5 Å². The molecule has 0 aromatic heterocycles. The first kappa shape index (κ1) is 23.6.